The topological polar surface area (TPSA) is 32.8 Å². The molecule has 1 amide bonds. The lowest BCUT2D eigenvalue weighted by Crippen LogP contribution is -2.50. The third-order valence-electron chi connectivity index (χ3n) is 4.19. The summed E-state index contributed by atoms with van der Waals surface area (Å²) in [7, 11) is 2.16. The standard InChI is InChI=1S/C17H28N2O2S/c1-13(15-9-7-11-22-15)18(5)14-8-6-10-19(12-14)16(20)21-17(2,3)4/h7,9,11,13-14H,6,8,10,12H2,1-5H3/t13?,14-/m0/s1. The second-order valence-corrected chi connectivity index (χ2v) is 8.06. The van der Waals surface area contributed by atoms with Gasteiger partial charge in [-0.05, 0) is 59.0 Å². The molecule has 1 saturated heterocycles. The van der Waals surface area contributed by atoms with Crippen LogP contribution in [0.5, 0.6) is 0 Å². The van der Waals surface area contributed by atoms with Gasteiger partial charge in [-0.2, -0.15) is 0 Å². The number of likely N-dealkylation sites (tertiary alicyclic amines) is 1. The van der Waals surface area contributed by atoms with E-state index in [1.54, 1.807) is 11.3 Å². The lowest BCUT2D eigenvalue weighted by Gasteiger charge is -2.40. The van der Waals surface area contributed by atoms with Gasteiger partial charge in [0.1, 0.15) is 5.60 Å². The van der Waals surface area contributed by atoms with Crippen LogP contribution in [-0.2, 0) is 4.74 Å². The summed E-state index contributed by atoms with van der Waals surface area (Å²) < 4.78 is 5.51. The zero-order valence-corrected chi connectivity index (χ0v) is 15.2. The number of amides is 1. The zero-order chi connectivity index (χ0) is 16.3. The monoisotopic (exact) mass is 324 g/mol. The molecule has 1 aromatic heterocycles. The Morgan fingerprint density at radius 2 is 2.23 bits per heavy atom. The molecule has 1 aliphatic rings. The van der Waals surface area contributed by atoms with Gasteiger partial charge < -0.3 is 9.64 Å². The fraction of sp³-hybridized carbons (Fsp3) is 0.706. The van der Waals surface area contributed by atoms with Gasteiger partial charge in [-0.25, -0.2) is 4.79 Å². The third kappa shape index (κ3) is 4.46. The van der Waals surface area contributed by atoms with Crippen molar-refractivity contribution in [3.63, 3.8) is 0 Å². The van der Waals surface area contributed by atoms with E-state index in [2.05, 4.69) is 36.4 Å². The van der Waals surface area contributed by atoms with Gasteiger partial charge in [0.25, 0.3) is 0 Å². The molecule has 4 nitrogen and oxygen atoms in total. The Bertz CT molecular complexity index is 481. The van der Waals surface area contributed by atoms with Crippen molar-refractivity contribution in [1.82, 2.24) is 9.80 Å². The van der Waals surface area contributed by atoms with E-state index in [0.29, 0.717) is 12.1 Å². The maximum Gasteiger partial charge on any atom is 0.410 e. The Kier molecular flexibility index (Phi) is 5.50. The zero-order valence-electron chi connectivity index (χ0n) is 14.3. The summed E-state index contributed by atoms with van der Waals surface area (Å²) in [5.74, 6) is 0. The van der Waals surface area contributed by atoms with Crippen molar-refractivity contribution in [3.05, 3.63) is 22.4 Å². The number of likely N-dealkylation sites (N-methyl/N-ethyl adjacent to an activating group) is 1. The molecule has 2 heterocycles. The van der Waals surface area contributed by atoms with E-state index in [0.717, 1.165) is 25.9 Å². The Labute approximate surface area is 138 Å². The van der Waals surface area contributed by atoms with Crippen molar-refractivity contribution in [2.45, 2.75) is 58.2 Å². The number of hydrogen-bond donors (Lipinski definition) is 0. The van der Waals surface area contributed by atoms with E-state index in [1.165, 1.54) is 4.88 Å². The lowest BCUT2D eigenvalue weighted by atomic mass is 10.0. The molecular formula is C17H28N2O2S. The highest BCUT2D eigenvalue weighted by molar-refractivity contribution is 7.10. The quantitative estimate of drug-likeness (QED) is 0.837. The molecular weight excluding hydrogens is 296 g/mol. The van der Waals surface area contributed by atoms with Crippen LogP contribution in [0.4, 0.5) is 4.79 Å². The molecule has 124 valence electrons. The minimum atomic E-state index is -0.430. The van der Waals surface area contributed by atoms with E-state index in [9.17, 15) is 4.79 Å². The fourth-order valence-electron chi connectivity index (χ4n) is 2.83. The van der Waals surface area contributed by atoms with E-state index in [4.69, 9.17) is 4.74 Å². The number of rotatable bonds is 3. The van der Waals surface area contributed by atoms with Crippen LogP contribution in [0.15, 0.2) is 17.5 Å². The molecule has 0 radical (unpaired) electrons. The maximum atomic E-state index is 12.3. The molecule has 0 aliphatic carbocycles. The highest BCUT2D eigenvalue weighted by atomic mass is 32.1. The van der Waals surface area contributed by atoms with E-state index >= 15 is 0 Å². The minimum Gasteiger partial charge on any atom is -0.444 e. The number of nitrogens with zero attached hydrogens (tertiary/aromatic N) is 2. The van der Waals surface area contributed by atoms with Gasteiger partial charge in [0.05, 0.1) is 0 Å². The van der Waals surface area contributed by atoms with Gasteiger partial charge in [-0.15, -0.1) is 11.3 Å². The Hall–Kier alpha value is -1.07. The number of thiophene rings is 1. The molecule has 2 atom stereocenters. The average Bonchev–Trinajstić information content (AvgIpc) is 2.98. The van der Waals surface area contributed by atoms with Crippen LogP contribution in [-0.4, -0.2) is 47.7 Å². The van der Waals surface area contributed by atoms with E-state index in [1.807, 2.05) is 25.7 Å². The van der Waals surface area contributed by atoms with Gasteiger partial charge in [-0.1, -0.05) is 6.07 Å². The summed E-state index contributed by atoms with van der Waals surface area (Å²) in [5, 5.41) is 2.12. The van der Waals surface area contributed by atoms with E-state index in [-0.39, 0.29) is 6.09 Å². The van der Waals surface area contributed by atoms with Crippen molar-refractivity contribution >= 4 is 17.4 Å². The van der Waals surface area contributed by atoms with Crippen molar-refractivity contribution in [2.75, 3.05) is 20.1 Å². The summed E-state index contributed by atoms with van der Waals surface area (Å²) in [6.45, 7) is 9.53. The van der Waals surface area contributed by atoms with E-state index < -0.39 is 5.60 Å². The van der Waals surface area contributed by atoms with Crippen LogP contribution in [0.25, 0.3) is 0 Å². The van der Waals surface area contributed by atoms with Crippen LogP contribution in [0, 0.1) is 0 Å². The minimum absolute atomic E-state index is 0.186. The van der Waals surface area contributed by atoms with Crippen LogP contribution in [0.1, 0.15) is 51.5 Å². The second kappa shape index (κ2) is 7.01. The summed E-state index contributed by atoms with van der Waals surface area (Å²) >= 11 is 1.79. The summed E-state index contributed by atoms with van der Waals surface area (Å²) in [6, 6.07) is 5.04. The van der Waals surface area contributed by atoms with Crippen LogP contribution < -0.4 is 0 Å². The van der Waals surface area contributed by atoms with Crippen molar-refractivity contribution in [3.8, 4) is 0 Å². The predicted molar refractivity (Wildman–Crippen MR) is 91.3 cm³/mol. The molecule has 1 fully saturated rings. The van der Waals surface area contributed by atoms with Crippen LogP contribution in [0.2, 0.25) is 0 Å². The smallest absolute Gasteiger partial charge is 0.410 e. The first-order chi connectivity index (χ1) is 10.3. The summed E-state index contributed by atoms with van der Waals surface area (Å²) in [4.78, 5) is 17.9. The Morgan fingerprint density at radius 1 is 1.50 bits per heavy atom. The summed E-state index contributed by atoms with van der Waals surface area (Å²) in [6.07, 6.45) is 1.98. The normalized spacial score (nSPS) is 21.0. The number of piperidine rings is 1. The second-order valence-electron chi connectivity index (χ2n) is 7.08. The Balaban J connectivity index is 1.96. The lowest BCUT2D eigenvalue weighted by molar-refractivity contribution is 0.00984. The molecule has 0 N–H and O–H groups in total. The van der Waals surface area contributed by atoms with Gasteiger partial charge in [0, 0.05) is 30.1 Å². The molecule has 1 aromatic rings. The summed E-state index contributed by atoms with van der Waals surface area (Å²) in [5.41, 5.74) is -0.430. The number of carbonyl (C=O) groups excluding carboxylic acids is 1. The molecule has 0 bridgehead atoms. The van der Waals surface area contributed by atoms with Crippen molar-refractivity contribution in [2.24, 2.45) is 0 Å². The van der Waals surface area contributed by atoms with Gasteiger partial charge in [0.2, 0.25) is 0 Å². The molecule has 1 unspecified atom stereocenters. The van der Waals surface area contributed by atoms with Gasteiger partial charge in [0.15, 0.2) is 0 Å². The molecule has 0 spiro atoms. The Morgan fingerprint density at radius 3 is 2.82 bits per heavy atom. The molecule has 5 heteroatoms. The number of ether oxygens (including phenoxy) is 1. The highest BCUT2D eigenvalue weighted by Gasteiger charge is 2.31. The molecule has 0 saturated carbocycles. The molecule has 1 aliphatic heterocycles. The van der Waals surface area contributed by atoms with Gasteiger partial charge in [-0.3, -0.25) is 4.90 Å². The van der Waals surface area contributed by atoms with Crippen LogP contribution in [0.3, 0.4) is 0 Å². The molecule has 0 aromatic carbocycles. The SMILES string of the molecule is CC(c1cccs1)N(C)[C@H]1CCCN(C(=O)OC(C)(C)C)C1. The van der Waals surface area contributed by atoms with Gasteiger partial charge >= 0.3 is 6.09 Å². The third-order valence-corrected chi connectivity index (χ3v) is 5.23. The van der Waals surface area contributed by atoms with Crippen LogP contribution >= 0.6 is 11.3 Å². The first-order valence-corrected chi connectivity index (χ1v) is 8.89. The first-order valence-electron chi connectivity index (χ1n) is 8.01. The highest BCUT2D eigenvalue weighted by Crippen LogP contribution is 2.28. The average molecular weight is 324 g/mol. The number of carbonyl (C=O) groups is 1. The van der Waals surface area contributed by atoms with Crippen molar-refractivity contribution in [1.29, 1.82) is 0 Å². The fourth-order valence-corrected chi connectivity index (χ4v) is 3.66. The van der Waals surface area contributed by atoms with Crippen molar-refractivity contribution < 1.29 is 9.53 Å². The first kappa shape index (κ1) is 17.3. The largest absolute Gasteiger partial charge is 0.444 e. The number of hydrogen-bond acceptors (Lipinski definition) is 4. The molecule has 22 heavy (non-hydrogen) atoms. The predicted octanol–water partition coefficient (Wildman–Crippen LogP) is 4.14. The maximum absolute atomic E-state index is 12.3. The molecule has 2 rings (SSSR count).